The van der Waals surface area contributed by atoms with Crippen molar-refractivity contribution in [2.45, 2.75) is 12.6 Å². The van der Waals surface area contributed by atoms with Gasteiger partial charge in [0.25, 0.3) is 0 Å². The van der Waals surface area contributed by atoms with Gasteiger partial charge in [0.05, 0.1) is 11.1 Å². The molecule has 1 N–H and O–H groups in total. The van der Waals surface area contributed by atoms with E-state index in [1.54, 1.807) is 12.1 Å². The van der Waals surface area contributed by atoms with Crippen LogP contribution >= 0.6 is 11.6 Å². The molecule has 1 aliphatic rings. The van der Waals surface area contributed by atoms with E-state index in [4.69, 9.17) is 16.9 Å². The van der Waals surface area contributed by atoms with Crippen LogP contribution in [0.25, 0.3) is 0 Å². The molecule has 1 aromatic rings. The summed E-state index contributed by atoms with van der Waals surface area (Å²) >= 11 is 5.90. The summed E-state index contributed by atoms with van der Waals surface area (Å²) in [7, 11) is 0. The van der Waals surface area contributed by atoms with Crippen molar-refractivity contribution in [3.8, 4) is 6.07 Å². The second kappa shape index (κ2) is 5.46. The molecule has 0 aromatic heterocycles. The molecule has 0 bridgehead atoms. The van der Waals surface area contributed by atoms with Gasteiger partial charge in [-0.15, -0.1) is 0 Å². The summed E-state index contributed by atoms with van der Waals surface area (Å²) in [4.78, 5) is 2.01. The number of piperazine rings is 1. The van der Waals surface area contributed by atoms with E-state index in [0.29, 0.717) is 13.1 Å². The quantitative estimate of drug-likeness (QED) is 0.873. The molecule has 2 rings (SSSR count). The summed E-state index contributed by atoms with van der Waals surface area (Å²) in [5.41, 5.74) is 0.730. The fourth-order valence-electron chi connectivity index (χ4n) is 1.95. The van der Waals surface area contributed by atoms with E-state index < -0.39 is 5.82 Å². The van der Waals surface area contributed by atoms with Gasteiger partial charge < -0.3 is 5.32 Å². The summed E-state index contributed by atoms with van der Waals surface area (Å²) < 4.78 is 13.3. The maximum absolute atomic E-state index is 13.3. The van der Waals surface area contributed by atoms with Crippen molar-refractivity contribution in [2.75, 3.05) is 19.6 Å². The maximum Gasteiger partial charge on any atom is 0.142 e. The second-order valence-electron chi connectivity index (χ2n) is 4.03. The van der Waals surface area contributed by atoms with Crippen LogP contribution in [0.15, 0.2) is 18.2 Å². The summed E-state index contributed by atoms with van der Waals surface area (Å²) in [5.74, 6) is -0.409. The first-order chi connectivity index (χ1) is 8.22. The number of nitriles is 1. The van der Waals surface area contributed by atoms with Crippen molar-refractivity contribution in [3.63, 3.8) is 0 Å². The average Bonchev–Trinajstić information content (AvgIpc) is 2.35. The van der Waals surface area contributed by atoms with Crippen LogP contribution in [-0.2, 0) is 6.54 Å². The van der Waals surface area contributed by atoms with E-state index in [2.05, 4.69) is 11.4 Å². The molecule has 1 saturated heterocycles. The molecule has 1 aromatic carbocycles. The highest BCUT2D eigenvalue weighted by Gasteiger charge is 2.22. The van der Waals surface area contributed by atoms with Gasteiger partial charge in [-0.05, 0) is 11.6 Å². The predicted molar refractivity (Wildman–Crippen MR) is 64.1 cm³/mol. The van der Waals surface area contributed by atoms with E-state index in [1.807, 2.05) is 4.90 Å². The van der Waals surface area contributed by atoms with Crippen LogP contribution in [0.1, 0.15) is 5.56 Å². The number of benzene rings is 1. The largest absolute Gasteiger partial charge is 0.313 e. The van der Waals surface area contributed by atoms with Gasteiger partial charge in [-0.3, -0.25) is 4.90 Å². The molecule has 1 atom stereocenters. The number of halogens is 2. The lowest BCUT2D eigenvalue weighted by Gasteiger charge is -2.32. The number of hydrogen-bond donors (Lipinski definition) is 1. The van der Waals surface area contributed by atoms with E-state index in [0.717, 1.165) is 18.7 Å². The Morgan fingerprint density at radius 1 is 1.59 bits per heavy atom. The molecule has 3 nitrogen and oxygen atoms in total. The molecule has 1 aliphatic heterocycles. The highest BCUT2D eigenvalue weighted by atomic mass is 35.5. The Hall–Kier alpha value is -1.15. The van der Waals surface area contributed by atoms with Crippen molar-refractivity contribution >= 4 is 11.6 Å². The first kappa shape index (κ1) is 12.3. The minimum atomic E-state index is -0.409. The predicted octanol–water partition coefficient (Wildman–Crippen LogP) is 1.78. The molecule has 5 heteroatoms. The normalized spacial score (nSPS) is 21.1. The molecule has 0 spiro atoms. The molecule has 0 amide bonds. The second-order valence-corrected chi connectivity index (χ2v) is 4.41. The number of rotatable bonds is 2. The molecule has 0 saturated carbocycles. The minimum absolute atomic E-state index is 0.155. The zero-order valence-electron chi connectivity index (χ0n) is 9.29. The summed E-state index contributed by atoms with van der Waals surface area (Å²) in [5, 5.41) is 12.3. The van der Waals surface area contributed by atoms with Crippen molar-refractivity contribution in [1.82, 2.24) is 10.2 Å². The van der Waals surface area contributed by atoms with Crippen LogP contribution in [0.5, 0.6) is 0 Å². The van der Waals surface area contributed by atoms with Crippen LogP contribution in [0, 0.1) is 17.1 Å². The Kier molecular flexibility index (Phi) is 3.95. The van der Waals surface area contributed by atoms with Crippen LogP contribution in [0.2, 0.25) is 5.02 Å². The van der Waals surface area contributed by atoms with Crippen molar-refractivity contribution in [2.24, 2.45) is 0 Å². The standard InChI is InChI=1S/C12H13ClFN3/c13-12-9(2-1-3-11(12)14)8-17-5-4-16-7-10(17)6-15/h1-3,10,16H,4-5,7-8H2. The average molecular weight is 254 g/mol. The van der Waals surface area contributed by atoms with Gasteiger partial charge in [-0.25, -0.2) is 4.39 Å². The first-order valence-electron chi connectivity index (χ1n) is 5.49. The molecular weight excluding hydrogens is 241 g/mol. The fourth-order valence-corrected chi connectivity index (χ4v) is 2.14. The van der Waals surface area contributed by atoms with Crippen LogP contribution < -0.4 is 5.32 Å². The van der Waals surface area contributed by atoms with Gasteiger partial charge in [0, 0.05) is 26.2 Å². The lowest BCUT2D eigenvalue weighted by Crippen LogP contribution is -2.50. The zero-order chi connectivity index (χ0) is 12.3. The third kappa shape index (κ3) is 2.75. The smallest absolute Gasteiger partial charge is 0.142 e. The summed E-state index contributed by atoms with van der Waals surface area (Å²) in [6.07, 6.45) is 0. The van der Waals surface area contributed by atoms with Crippen molar-refractivity contribution < 1.29 is 4.39 Å². The van der Waals surface area contributed by atoms with E-state index in [9.17, 15) is 4.39 Å². The molecule has 0 radical (unpaired) electrons. The first-order valence-corrected chi connectivity index (χ1v) is 5.87. The van der Waals surface area contributed by atoms with Gasteiger partial charge in [-0.2, -0.15) is 5.26 Å². The summed E-state index contributed by atoms with van der Waals surface area (Å²) in [6.45, 7) is 2.76. The number of hydrogen-bond acceptors (Lipinski definition) is 3. The highest BCUT2D eigenvalue weighted by molar-refractivity contribution is 6.31. The van der Waals surface area contributed by atoms with Gasteiger partial charge in [0.1, 0.15) is 11.9 Å². The van der Waals surface area contributed by atoms with Crippen LogP contribution in [0.3, 0.4) is 0 Å². The molecule has 1 fully saturated rings. The Morgan fingerprint density at radius 3 is 3.18 bits per heavy atom. The Balaban J connectivity index is 2.14. The molecule has 1 heterocycles. The molecular formula is C12H13ClFN3. The van der Waals surface area contributed by atoms with Crippen molar-refractivity contribution in [3.05, 3.63) is 34.6 Å². The SMILES string of the molecule is N#CC1CNCCN1Cc1cccc(F)c1Cl. The van der Waals surface area contributed by atoms with E-state index in [1.165, 1.54) is 6.07 Å². The zero-order valence-corrected chi connectivity index (χ0v) is 10.0. The number of nitrogens with one attached hydrogen (secondary N) is 1. The third-order valence-corrected chi connectivity index (χ3v) is 3.33. The van der Waals surface area contributed by atoms with Gasteiger partial charge >= 0.3 is 0 Å². The maximum atomic E-state index is 13.3. The van der Waals surface area contributed by atoms with Crippen molar-refractivity contribution in [1.29, 1.82) is 5.26 Å². The van der Waals surface area contributed by atoms with E-state index in [-0.39, 0.29) is 11.1 Å². The Bertz CT molecular complexity index is 444. The fraction of sp³-hybridized carbons (Fsp3) is 0.417. The van der Waals surface area contributed by atoms with E-state index >= 15 is 0 Å². The minimum Gasteiger partial charge on any atom is -0.313 e. The Labute approximate surface area is 105 Å². The molecule has 0 aliphatic carbocycles. The lowest BCUT2D eigenvalue weighted by atomic mass is 10.1. The molecule has 1 unspecified atom stereocenters. The molecule has 90 valence electrons. The van der Waals surface area contributed by atoms with Gasteiger partial charge in [-0.1, -0.05) is 23.7 Å². The monoisotopic (exact) mass is 253 g/mol. The number of nitrogens with zero attached hydrogens (tertiary/aromatic N) is 2. The van der Waals surface area contributed by atoms with Crippen LogP contribution in [0.4, 0.5) is 4.39 Å². The summed E-state index contributed by atoms with van der Waals surface area (Å²) in [6, 6.07) is 6.83. The van der Waals surface area contributed by atoms with Gasteiger partial charge in [0.15, 0.2) is 0 Å². The highest BCUT2D eigenvalue weighted by Crippen LogP contribution is 2.22. The van der Waals surface area contributed by atoms with Gasteiger partial charge in [0.2, 0.25) is 0 Å². The lowest BCUT2D eigenvalue weighted by molar-refractivity contribution is 0.189. The Morgan fingerprint density at radius 2 is 2.41 bits per heavy atom. The topological polar surface area (TPSA) is 39.1 Å². The third-order valence-electron chi connectivity index (χ3n) is 2.91. The van der Waals surface area contributed by atoms with Crippen LogP contribution in [-0.4, -0.2) is 30.6 Å². The molecule has 17 heavy (non-hydrogen) atoms.